The molecule has 0 bridgehead atoms. The van der Waals surface area contributed by atoms with Crippen LogP contribution in [0.25, 0.3) is 0 Å². The average Bonchev–Trinajstić information content (AvgIpc) is 2.26. The summed E-state index contributed by atoms with van der Waals surface area (Å²) in [6, 6.07) is -1.16. The van der Waals surface area contributed by atoms with Crippen molar-refractivity contribution in [3.63, 3.8) is 0 Å². The van der Waals surface area contributed by atoms with Gasteiger partial charge in [-0.15, -0.1) is 0 Å². The fourth-order valence-electron chi connectivity index (χ4n) is 0.848. The van der Waals surface area contributed by atoms with Gasteiger partial charge in [-0.1, -0.05) is 0 Å². The summed E-state index contributed by atoms with van der Waals surface area (Å²) < 4.78 is 0. The fraction of sp³-hybridized carbons (Fsp3) is 0.500. The molecule has 1 fully saturated rings. The number of imide groups is 1. The van der Waals surface area contributed by atoms with E-state index in [2.05, 4.69) is 16.0 Å². The summed E-state index contributed by atoms with van der Waals surface area (Å²) in [6.07, 6.45) is 0. The van der Waals surface area contributed by atoms with E-state index in [1.165, 1.54) is 6.92 Å². The maximum absolute atomic E-state index is 10.9. The summed E-state index contributed by atoms with van der Waals surface area (Å²) in [6.45, 7) is 1.47. The highest BCUT2D eigenvalue weighted by molar-refractivity contribution is 6.04. The van der Waals surface area contributed by atoms with Crippen LogP contribution in [0.3, 0.4) is 0 Å². The summed E-state index contributed by atoms with van der Waals surface area (Å²) in [5, 5.41) is 6.82. The summed E-state index contributed by atoms with van der Waals surface area (Å²) in [7, 11) is 0. The van der Waals surface area contributed by atoms with Crippen LogP contribution in [0.1, 0.15) is 6.92 Å². The van der Waals surface area contributed by atoms with Crippen LogP contribution in [0.4, 0.5) is 4.79 Å². The molecule has 0 aromatic heterocycles. The normalized spacial score (nSPS) is 21.6. The van der Waals surface area contributed by atoms with Crippen LogP contribution in [0.5, 0.6) is 0 Å². The molecule has 0 aromatic rings. The second-order valence-electron chi connectivity index (χ2n) is 2.45. The van der Waals surface area contributed by atoms with Gasteiger partial charge in [0.25, 0.3) is 5.91 Å². The van der Waals surface area contributed by atoms with Gasteiger partial charge in [0.05, 0.1) is 0 Å². The summed E-state index contributed by atoms with van der Waals surface area (Å²) in [5.74, 6) is -0.641. The zero-order valence-corrected chi connectivity index (χ0v) is 6.51. The third-order valence-corrected chi connectivity index (χ3v) is 1.41. The molecule has 0 aliphatic carbocycles. The lowest BCUT2D eigenvalue weighted by molar-refractivity contribution is -0.121. The molecule has 0 radical (unpaired) electrons. The molecule has 6 nitrogen and oxygen atoms in total. The quantitative estimate of drug-likeness (QED) is 0.434. The maximum atomic E-state index is 10.9. The lowest BCUT2D eigenvalue weighted by Gasteiger charge is -2.06. The Balaban J connectivity index is 2.38. The molecule has 0 spiro atoms. The van der Waals surface area contributed by atoms with Crippen molar-refractivity contribution >= 4 is 17.8 Å². The zero-order chi connectivity index (χ0) is 9.14. The number of nitrogens with one attached hydrogen (secondary N) is 3. The average molecular weight is 171 g/mol. The summed E-state index contributed by atoms with van der Waals surface area (Å²) in [5.41, 5.74) is 0. The second-order valence-corrected chi connectivity index (χ2v) is 2.45. The van der Waals surface area contributed by atoms with Gasteiger partial charge in [-0.05, 0) is 0 Å². The van der Waals surface area contributed by atoms with E-state index >= 15 is 0 Å². The Morgan fingerprint density at radius 1 is 1.58 bits per heavy atom. The van der Waals surface area contributed by atoms with E-state index in [9.17, 15) is 14.4 Å². The molecule has 3 N–H and O–H groups in total. The molecule has 6 heteroatoms. The largest absolute Gasteiger partial charge is 0.354 e. The first-order chi connectivity index (χ1) is 5.59. The van der Waals surface area contributed by atoms with Crippen LogP contribution < -0.4 is 16.0 Å². The van der Waals surface area contributed by atoms with E-state index in [0.29, 0.717) is 0 Å². The molecule has 1 rings (SSSR count). The van der Waals surface area contributed by atoms with E-state index in [0.717, 1.165) is 0 Å². The standard InChI is InChI=1S/C6H9N3O3/c1-3(10)7-2-4-5(11)9-6(12)8-4/h4H,2H2,1H3,(H,7,10)(H2,8,9,11,12). The molecule has 1 saturated heterocycles. The van der Waals surface area contributed by atoms with Gasteiger partial charge in [0.2, 0.25) is 5.91 Å². The predicted octanol–water partition coefficient (Wildman–Crippen LogP) is -1.67. The Morgan fingerprint density at radius 2 is 2.25 bits per heavy atom. The van der Waals surface area contributed by atoms with Gasteiger partial charge in [-0.3, -0.25) is 14.9 Å². The van der Waals surface area contributed by atoms with Gasteiger partial charge in [0.1, 0.15) is 6.04 Å². The van der Waals surface area contributed by atoms with Gasteiger partial charge in [0.15, 0.2) is 0 Å². The number of carbonyl (C=O) groups is 3. The number of amides is 4. The molecule has 1 aliphatic rings. The number of urea groups is 1. The minimum Gasteiger partial charge on any atom is -0.354 e. The Morgan fingerprint density at radius 3 is 2.67 bits per heavy atom. The molecule has 12 heavy (non-hydrogen) atoms. The Hall–Kier alpha value is -1.59. The smallest absolute Gasteiger partial charge is 0.322 e. The molecule has 66 valence electrons. The Labute approximate surface area is 68.7 Å². The molecule has 1 aliphatic heterocycles. The van der Waals surface area contributed by atoms with Crippen molar-refractivity contribution in [2.24, 2.45) is 0 Å². The third kappa shape index (κ3) is 1.94. The SMILES string of the molecule is CC(=O)NCC1NC(=O)NC1=O. The Bertz CT molecular complexity index is 238. The number of rotatable bonds is 2. The minimum atomic E-state index is -0.638. The van der Waals surface area contributed by atoms with Crippen molar-refractivity contribution in [1.82, 2.24) is 16.0 Å². The molecular weight excluding hydrogens is 162 g/mol. The minimum absolute atomic E-state index is 0.132. The Kier molecular flexibility index (Phi) is 2.27. The van der Waals surface area contributed by atoms with Crippen LogP contribution >= 0.6 is 0 Å². The lowest BCUT2D eigenvalue weighted by atomic mass is 10.3. The number of hydrogen-bond acceptors (Lipinski definition) is 3. The van der Waals surface area contributed by atoms with Crippen LogP contribution in [0.15, 0.2) is 0 Å². The highest BCUT2D eigenvalue weighted by Crippen LogP contribution is 1.90. The number of carbonyl (C=O) groups excluding carboxylic acids is 3. The van der Waals surface area contributed by atoms with Gasteiger partial charge in [0, 0.05) is 13.5 Å². The van der Waals surface area contributed by atoms with Crippen molar-refractivity contribution < 1.29 is 14.4 Å². The van der Waals surface area contributed by atoms with E-state index in [1.54, 1.807) is 0 Å². The van der Waals surface area contributed by atoms with Crippen molar-refractivity contribution in [2.45, 2.75) is 13.0 Å². The van der Waals surface area contributed by atoms with Gasteiger partial charge >= 0.3 is 6.03 Å². The zero-order valence-electron chi connectivity index (χ0n) is 6.51. The highest BCUT2D eigenvalue weighted by atomic mass is 16.2. The maximum Gasteiger partial charge on any atom is 0.322 e. The van der Waals surface area contributed by atoms with E-state index < -0.39 is 18.0 Å². The topological polar surface area (TPSA) is 87.3 Å². The van der Waals surface area contributed by atoms with Crippen LogP contribution in [-0.2, 0) is 9.59 Å². The first-order valence-electron chi connectivity index (χ1n) is 3.45. The first kappa shape index (κ1) is 8.51. The molecule has 4 amide bonds. The third-order valence-electron chi connectivity index (χ3n) is 1.41. The van der Waals surface area contributed by atoms with Gasteiger partial charge in [-0.25, -0.2) is 4.79 Å². The van der Waals surface area contributed by atoms with Gasteiger partial charge in [-0.2, -0.15) is 0 Å². The lowest BCUT2D eigenvalue weighted by Crippen LogP contribution is -2.40. The summed E-state index contributed by atoms with van der Waals surface area (Å²) in [4.78, 5) is 31.8. The van der Waals surface area contributed by atoms with Crippen LogP contribution in [0, 0.1) is 0 Å². The first-order valence-corrected chi connectivity index (χ1v) is 3.45. The summed E-state index contributed by atoms with van der Waals surface area (Å²) >= 11 is 0. The van der Waals surface area contributed by atoms with Crippen molar-refractivity contribution in [2.75, 3.05) is 6.54 Å². The van der Waals surface area contributed by atoms with E-state index in [-0.39, 0.29) is 12.5 Å². The van der Waals surface area contributed by atoms with Crippen molar-refractivity contribution in [3.05, 3.63) is 0 Å². The van der Waals surface area contributed by atoms with Crippen LogP contribution in [0.2, 0.25) is 0 Å². The monoisotopic (exact) mass is 171 g/mol. The van der Waals surface area contributed by atoms with Gasteiger partial charge < -0.3 is 10.6 Å². The fourth-order valence-corrected chi connectivity index (χ4v) is 0.848. The highest BCUT2D eigenvalue weighted by Gasteiger charge is 2.28. The molecule has 1 heterocycles. The predicted molar refractivity (Wildman–Crippen MR) is 39.1 cm³/mol. The molecule has 0 saturated carbocycles. The molecular formula is C6H9N3O3. The molecule has 1 atom stereocenters. The van der Waals surface area contributed by atoms with Crippen LogP contribution in [-0.4, -0.2) is 30.4 Å². The van der Waals surface area contributed by atoms with Crippen molar-refractivity contribution in [1.29, 1.82) is 0 Å². The molecule has 1 unspecified atom stereocenters. The van der Waals surface area contributed by atoms with E-state index in [4.69, 9.17) is 0 Å². The second kappa shape index (κ2) is 3.21. The number of hydrogen-bond donors (Lipinski definition) is 3. The van der Waals surface area contributed by atoms with E-state index in [1.807, 2.05) is 0 Å². The van der Waals surface area contributed by atoms with Crippen molar-refractivity contribution in [3.8, 4) is 0 Å². The molecule has 0 aromatic carbocycles.